The highest BCUT2D eigenvalue weighted by Crippen LogP contribution is 2.41. The van der Waals surface area contributed by atoms with Gasteiger partial charge in [0, 0.05) is 23.8 Å². The van der Waals surface area contributed by atoms with Crippen LogP contribution in [0.25, 0.3) is 0 Å². The van der Waals surface area contributed by atoms with Crippen molar-refractivity contribution in [3.63, 3.8) is 0 Å². The highest BCUT2D eigenvalue weighted by molar-refractivity contribution is 5.95. The molecule has 0 spiro atoms. The molecule has 1 unspecified atom stereocenters. The minimum atomic E-state index is -4.45. The lowest BCUT2D eigenvalue weighted by Gasteiger charge is -2.21. The number of nitrogens with zero attached hydrogens (tertiary/aromatic N) is 2. The summed E-state index contributed by atoms with van der Waals surface area (Å²) >= 11 is 0. The summed E-state index contributed by atoms with van der Waals surface area (Å²) in [6.07, 6.45) is -2.26. The summed E-state index contributed by atoms with van der Waals surface area (Å²) in [6.45, 7) is 3.04. The van der Waals surface area contributed by atoms with Crippen molar-refractivity contribution in [2.75, 3.05) is 5.32 Å². The summed E-state index contributed by atoms with van der Waals surface area (Å²) in [7, 11) is 0. The molecule has 1 fully saturated rings. The molecule has 0 saturated carbocycles. The van der Waals surface area contributed by atoms with Gasteiger partial charge in [-0.2, -0.15) is 27.1 Å². The van der Waals surface area contributed by atoms with Gasteiger partial charge in [-0.1, -0.05) is 12.1 Å². The molecular weight excluding hydrogens is 531 g/mol. The van der Waals surface area contributed by atoms with E-state index in [1.54, 1.807) is 0 Å². The van der Waals surface area contributed by atoms with Crippen molar-refractivity contribution in [2.24, 2.45) is 0 Å². The number of hydrogen-bond donors (Lipinski definition) is 2. The first-order chi connectivity index (χ1) is 17.3. The van der Waals surface area contributed by atoms with Gasteiger partial charge in [0.2, 0.25) is 5.91 Å². The number of amides is 1. The van der Waals surface area contributed by atoms with Crippen LogP contribution in [0.2, 0.25) is 0 Å². The van der Waals surface area contributed by atoms with E-state index in [1.165, 1.54) is 36.4 Å². The van der Waals surface area contributed by atoms with Crippen LogP contribution in [0, 0.1) is 0 Å². The first-order valence-electron chi connectivity index (χ1n) is 11.7. The van der Waals surface area contributed by atoms with Crippen LogP contribution in [0.15, 0.2) is 60.8 Å². The van der Waals surface area contributed by atoms with Crippen molar-refractivity contribution < 1.29 is 31.5 Å². The van der Waals surface area contributed by atoms with Crippen LogP contribution in [0.5, 0.6) is 5.75 Å². The van der Waals surface area contributed by atoms with Gasteiger partial charge in [0.25, 0.3) is 0 Å². The Labute approximate surface area is 223 Å². The zero-order valence-electron chi connectivity index (χ0n) is 20.8. The lowest BCUT2D eigenvalue weighted by molar-refractivity contribution is -0.137. The van der Waals surface area contributed by atoms with Gasteiger partial charge < -0.3 is 10.1 Å². The summed E-state index contributed by atoms with van der Waals surface area (Å²) in [4.78, 5) is 13.1. The Morgan fingerprint density at radius 1 is 1.05 bits per heavy atom. The van der Waals surface area contributed by atoms with Crippen molar-refractivity contribution in [3.8, 4) is 5.75 Å². The second-order valence-corrected chi connectivity index (χ2v) is 9.91. The molecule has 4 rings (SSSR count). The molecule has 6 nitrogen and oxygen atoms in total. The molecule has 1 aromatic heterocycles. The van der Waals surface area contributed by atoms with Gasteiger partial charge in [0.15, 0.2) is 0 Å². The van der Waals surface area contributed by atoms with Crippen molar-refractivity contribution in [2.45, 2.75) is 63.5 Å². The maximum absolute atomic E-state index is 13.1. The molecule has 38 heavy (non-hydrogen) atoms. The Kier molecular flexibility index (Phi) is 8.72. The number of alkyl halides is 5. The Balaban J connectivity index is 0.00000400. The molecule has 1 amide bonds. The quantitative estimate of drug-likeness (QED) is 0.339. The van der Waals surface area contributed by atoms with Gasteiger partial charge in [-0.25, -0.2) is 0 Å². The fraction of sp³-hybridized carbons (Fsp3) is 0.385. The van der Waals surface area contributed by atoms with Crippen molar-refractivity contribution in [3.05, 3.63) is 77.6 Å². The number of nitrogens with one attached hydrogen (secondary N) is 2. The van der Waals surface area contributed by atoms with Crippen LogP contribution in [0.1, 0.15) is 56.0 Å². The lowest BCUT2D eigenvalue weighted by Crippen LogP contribution is -2.36. The minimum Gasteiger partial charge on any atom is -0.435 e. The summed E-state index contributed by atoms with van der Waals surface area (Å²) in [5.74, 6) is -0.682. The summed E-state index contributed by atoms with van der Waals surface area (Å²) in [6, 6.07) is 11.1. The molecule has 0 aliphatic carbocycles. The third kappa shape index (κ3) is 6.82. The molecule has 1 aliphatic rings. The van der Waals surface area contributed by atoms with Crippen molar-refractivity contribution in [1.82, 2.24) is 15.1 Å². The molecule has 1 saturated heterocycles. The van der Waals surface area contributed by atoms with E-state index in [9.17, 15) is 26.7 Å². The second-order valence-electron chi connectivity index (χ2n) is 9.91. The normalized spacial score (nSPS) is 19.8. The topological polar surface area (TPSA) is 68.2 Å². The Bertz CT molecular complexity index is 1220. The highest BCUT2D eigenvalue weighted by atomic mass is 35.5. The second kappa shape index (κ2) is 11.3. The lowest BCUT2D eigenvalue weighted by atomic mass is 9.90. The van der Waals surface area contributed by atoms with Crippen molar-refractivity contribution in [1.29, 1.82) is 0 Å². The molecule has 2 aromatic carbocycles. The van der Waals surface area contributed by atoms with Gasteiger partial charge in [-0.3, -0.25) is 14.8 Å². The first kappa shape index (κ1) is 29.4. The van der Waals surface area contributed by atoms with Crippen LogP contribution < -0.4 is 15.4 Å². The fourth-order valence-corrected chi connectivity index (χ4v) is 4.33. The number of benzene rings is 2. The number of hydrogen-bond acceptors (Lipinski definition) is 4. The van der Waals surface area contributed by atoms with Crippen LogP contribution in [-0.2, 0) is 16.5 Å². The number of carbonyl (C=O) groups excluding carboxylic acids is 1. The van der Waals surface area contributed by atoms with E-state index in [0.717, 1.165) is 17.8 Å². The molecule has 0 bridgehead atoms. The van der Waals surface area contributed by atoms with Crippen LogP contribution >= 0.6 is 12.4 Å². The van der Waals surface area contributed by atoms with Crippen LogP contribution in [0.3, 0.4) is 0 Å². The summed E-state index contributed by atoms with van der Waals surface area (Å²) in [5.41, 5.74) is 0.685. The average molecular weight is 559 g/mol. The van der Waals surface area contributed by atoms with Gasteiger partial charge in [0.1, 0.15) is 5.75 Å². The number of carbonyl (C=O) groups is 1. The third-order valence-electron chi connectivity index (χ3n) is 6.21. The summed E-state index contributed by atoms with van der Waals surface area (Å²) < 4.78 is 70.1. The van der Waals surface area contributed by atoms with Gasteiger partial charge in [-0.05, 0) is 75.2 Å². The maximum Gasteiger partial charge on any atom is 0.416 e. The monoisotopic (exact) mass is 558 g/mol. The van der Waals surface area contributed by atoms with E-state index in [2.05, 4.69) is 15.4 Å². The zero-order valence-corrected chi connectivity index (χ0v) is 21.6. The Morgan fingerprint density at radius 2 is 1.68 bits per heavy atom. The van der Waals surface area contributed by atoms with Crippen LogP contribution in [0.4, 0.5) is 27.6 Å². The number of halogens is 6. The number of rotatable bonds is 6. The molecule has 1 aliphatic heterocycles. The van der Waals surface area contributed by atoms with E-state index >= 15 is 0 Å². The SMILES string of the molecule is CC(C)(C)n1ccc(C2C[C@@H](C(=O)Nc3ccc(OC(F)F)cc3)N[C@H]2c2ccc(C(F)(F)F)cc2)n1.Cl. The average Bonchev–Trinajstić information content (AvgIpc) is 3.47. The molecule has 3 atom stereocenters. The third-order valence-corrected chi connectivity index (χ3v) is 6.21. The molecule has 2 N–H and O–H groups in total. The molecule has 0 radical (unpaired) electrons. The molecule has 12 heteroatoms. The smallest absolute Gasteiger partial charge is 0.416 e. The molecule has 3 aromatic rings. The van der Waals surface area contributed by atoms with Crippen LogP contribution in [-0.4, -0.2) is 28.3 Å². The number of anilines is 1. The maximum atomic E-state index is 13.1. The summed E-state index contributed by atoms with van der Waals surface area (Å²) in [5, 5.41) is 10.7. The predicted octanol–water partition coefficient (Wildman–Crippen LogP) is 6.51. The number of aromatic nitrogens is 2. The Morgan fingerprint density at radius 3 is 2.21 bits per heavy atom. The van der Waals surface area contributed by atoms with Crippen molar-refractivity contribution >= 4 is 24.0 Å². The molecular formula is C26H28ClF5N4O2. The van der Waals surface area contributed by atoms with E-state index < -0.39 is 30.4 Å². The first-order valence-corrected chi connectivity index (χ1v) is 11.7. The minimum absolute atomic E-state index is 0. The predicted molar refractivity (Wildman–Crippen MR) is 135 cm³/mol. The largest absolute Gasteiger partial charge is 0.435 e. The van der Waals surface area contributed by atoms with E-state index in [0.29, 0.717) is 17.7 Å². The van der Waals surface area contributed by atoms with Gasteiger partial charge >= 0.3 is 12.8 Å². The van der Waals surface area contributed by atoms with E-state index in [1.807, 2.05) is 37.7 Å². The zero-order chi connectivity index (χ0) is 27.0. The standard InChI is InChI=1S/C26H27F5N4O2.ClH/c1-25(2,3)35-13-12-20(34-35)19-14-21(23(36)32-17-8-10-18(11-9-17)37-24(27)28)33-22(19)15-4-6-16(7-5-15)26(29,30)31;/h4-13,19,21-22,24,33H,14H2,1-3H3,(H,32,36);1H/t19?,21-,22-;/m0./s1. The fourth-order valence-electron chi connectivity index (χ4n) is 4.33. The van der Waals surface area contributed by atoms with E-state index in [4.69, 9.17) is 5.10 Å². The Hall–Kier alpha value is -3.18. The van der Waals surface area contributed by atoms with Gasteiger partial charge in [0.05, 0.1) is 22.8 Å². The number of ether oxygens (including phenoxy) is 1. The van der Waals surface area contributed by atoms with E-state index in [-0.39, 0.29) is 35.5 Å². The van der Waals surface area contributed by atoms with Gasteiger partial charge in [-0.15, -0.1) is 12.4 Å². The molecule has 206 valence electrons. The highest BCUT2D eigenvalue weighted by Gasteiger charge is 2.41. The molecule has 2 heterocycles.